The zero-order chi connectivity index (χ0) is 15.9. The summed E-state index contributed by atoms with van der Waals surface area (Å²) in [6.07, 6.45) is 2.84. The van der Waals surface area contributed by atoms with E-state index < -0.39 is 10.0 Å². The SMILES string of the molecule is CSCCC(C)N(C)S(=O)(=O)c1ccc(OCCCl)cc1. The second-order valence-corrected chi connectivity index (χ2v) is 8.02. The predicted molar refractivity (Wildman–Crippen MR) is 90.1 cm³/mol. The van der Waals surface area contributed by atoms with Crippen molar-refractivity contribution in [3.05, 3.63) is 24.3 Å². The fourth-order valence-corrected chi connectivity index (χ4v) is 3.78. The van der Waals surface area contributed by atoms with Gasteiger partial charge in [-0.3, -0.25) is 0 Å². The van der Waals surface area contributed by atoms with E-state index in [2.05, 4.69) is 0 Å². The first-order valence-corrected chi connectivity index (χ1v) is 10.1. The third kappa shape index (κ3) is 5.36. The minimum atomic E-state index is -3.46. The van der Waals surface area contributed by atoms with Crippen LogP contribution in [0.15, 0.2) is 29.2 Å². The molecule has 4 nitrogen and oxygen atoms in total. The molecule has 0 radical (unpaired) electrons. The van der Waals surface area contributed by atoms with Crippen molar-refractivity contribution in [1.82, 2.24) is 4.31 Å². The van der Waals surface area contributed by atoms with Gasteiger partial charge in [0.1, 0.15) is 12.4 Å². The van der Waals surface area contributed by atoms with E-state index in [4.69, 9.17) is 16.3 Å². The lowest BCUT2D eigenvalue weighted by molar-refractivity contribution is 0.342. The maximum atomic E-state index is 12.5. The van der Waals surface area contributed by atoms with Crippen LogP contribution < -0.4 is 4.74 Å². The van der Waals surface area contributed by atoms with Crippen molar-refractivity contribution in [3.8, 4) is 5.75 Å². The van der Waals surface area contributed by atoms with E-state index in [1.165, 1.54) is 4.31 Å². The van der Waals surface area contributed by atoms with Crippen molar-refractivity contribution in [2.24, 2.45) is 0 Å². The molecule has 7 heteroatoms. The average molecular weight is 352 g/mol. The number of halogens is 1. The van der Waals surface area contributed by atoms with Crippen LogP contribution in [0.3, 0.4) is 0 Å². The zero-order valence-corrected chi connectivity index (χ0v) is 15.0. The summed E-state index contributed by atoms with van der Waals surface area (Å²) in [5, 5.41) is 0. The molecule has 21 heavy (non-hydrogen) atoms. The summed E-state index contributed by atoms with van der Waals surface area (Å²) >= 11 is 7.26. The van der Waals surface area contributed by atoms with E-state index in [9.17, 15) is 8.42 Å². The van der Waals surface area contributed by atoms with Crippen LogP contribution in [0.1, 0.15) is 13.3 Å². The highest BCUT2D eigenvalue weighted by atomic mass is 35.5. The summed E-state index contributed by atoms with van der Waals surface area (Å²) in [5.41, 5.74) is 0. The molecule has 1 rings (SSSR count). The Morgan fingerprint density at radius 3 is 2.48 bits per heavy atom. The Morgan fingerprint density at radius 2 is 1.95 bits per heavy atom. The normalized spacial score (nSPS) is 13.4. The number of ether oxygens (including phenoxy) is 1. The molecule has 0 bridgehead atoms. The van der Waals surface area contributed by atoms with Crippen LogP contribution in [-0.2, 0) is 10.0 Å². The molecule has 1 aromatic rings. The van der Waals surface area contributed by atoms with E-state index >= 15 is 0 Å². The Balaban J connectivity index is 2.81. The Hall–Kier alpha value is -0.430. The number of thioether (sulfide) groups is 1. The third-order valence-electron chi connectivity index (χ3n) is 3.21. The maximum absolute atomic E-state index is 12.5. The Labute approximate surface area is 136 Å². The van der Waals surface area contributed by atoms with Gasteiger partial charge in [-0.25, -0.2) is 8.42 Å². The molecule has 0 saturated heterocycles. The lowest BCUT2D eigenvalue weighted by atomic mass is 10.3. The Bertz CT molecular complexity index is 520. The van der Waals surface area contributed by atoms with Crippen molar-refractivity contribution in [2.75, 3.05) is 31.5 Å². The molecule has 1 aromatic carbocycles. The molecule has 0 aliphatic carbocycles. The largest absolute Gasteiger partial charge is 0.492 e. The summed E-state index contributed by atoms with van der Waals surface area (Å²) in [5.74, 6) is 1.95. The van der Waals surface area contributed by atoms with Crippen molar-refractivity contribution >= 4 is 33.4 Å². The van der Waals surface area contributed by atoms with Gasteiger partial charge in [-0.05, 0) is 49.6 Å². The molecule has 120 valence electrons. The molecule has 1 atom stereocenters. The first kappa shape index (κ1) is 18.6. The lowest BCUT2D eigenvalue weighted by Crippen LogP contribution is -2.35. The van der Waals surface area contributed by atoms with Gasteiger partial charge in [-0.1, -0.05) is 0 Å². The van der Waals surface area contributed by atoms with Gasteiger partial charge in [0.2, 0.25) is 10.0 Å². The second kappa shape index (κ2) is 8.88. The Morgan fingerprint density at radius 1 is 1.33 bits per heavy atom. The first-order chi connectivity index (χ1) is 9.93. The van der Waals surface area contributed by atoms with Crippen molar-refractivity contribution in [3.63, 3.8) is 0 Å². The molecule has 0 fully saturated rings. The van der Waals surface area contributed by atoms with Crippen LogP contribution >= 0.6 is 23.4 Å². The maximum Gasteiger partial charge on any atom is 0.243 e. The van der Waals surface area contributed by atoms with Gasteiger partial charge >= 0.3 is 0 Å². The lowest BCUT2D eigenvalue weighted by Gasteiger charge is -2.24. The van der Waals surface area contributed by atoms with E-state index in [1.807, 2.05) is 13.2 Å². The van der Waals surface area contributed by atoms with Crippen LogP contribution in [-0.4, -0.2) is 50.3 Å². The predicted octanol–water partition coefficient (Wildman–Crippen LogP) is 3.07. The number of hydrogen-bond donors (Lipinski definition) is 0. The number of nitrogens with zero attached hydrogens (tertiary/aromatic N) is 1. The van der Waals surface area contributed by atoms with Gasteiger partial charge in [0.15, 0.2) is 0 Å². The minimum absolute atomic E-state index is 0.0328. The Kier molecular flexibility index (Phi) is 7.87. The molecule has 0 spiro atoms. The number of benzene rings is 1. The molecule has 0 saturated carbocycles. The number of alkyl halides is 1. The fourth-order valence-electron chi connectivity index (χ4n) is 1.74. The monoisotopic (exact) mass is 351 g/mol. The zero-order valence-electron chi connectivity index (χ0n) is 12.6. The molecule has 1 unspecified atom stereocenters. The molecule has 0 aliphatic heterocycles. The van der Waals surface area contributed by atoms with Crippen molar-refractivity contribution in [2.45, 2.75) is 24.3 Å². The highest BCUT2D eigenvalue weighted by Crippen LogP contribution is 2.21. The summed E-state index contributed by atoms with van der Waals surface area (Å²) in [6.45, 7) is 2.32. The average Bonchev–Trinajstić information content (AvgIpc) is 2.50. The smallest absolute Gasteiger partial charge is 0.243 e. The van der Waals surface area contributed by atoms with Crippen LogP contribution in [0.2, 0.25) is 0 Å². The fraction of sp³-hybridized carbons (Fsp3) is 0.571. The molecule has 0 amide bonds. The summed E-state index contributed by atoms with van der Waals surface area (Å²) in [7, 11) is -1.84. The standard InChI is InChI=1S/C14H22ClNO3S2/c1-12(8-11-20-3)16(2)21(17,18)14-6-4-13(5-7-14)19-10-9-15/h4-7,12H,8-11H2,1-3H3. The molecular weight excluding hydrogens is 330 g/mol. The van der Waals surface area contributed by atoms with Gasteiger partial charge in [-0.2, -0.15) is 16.1 Å². The van der Waals surface area contributed by atoms with Gasteiger partial charge in [0, 0.05) is 13.1 Å². The molecule has 0 aliphatic rings. The van der Waals surface area contributed by atoms with Crippen LogP contribution in [0.4, 0.5) is 0 Å². The molecular formula is C14H22ClNO3S2. The molecule has 0 aromatic heterocycles. The van der Waals surface area contributed by atoms with Crippen molar-refractivity contribution < 1.29 is 13.2 Å². The van der Waals surface area contributed by atoms with Gasteiger partial charge < -0.3 is 4.74 Å². The molecule has 0 heterocycles. The van der Waals surface area contributed by atoms with Gasteiger partial charge in [-0.15, -0.1) is 11.6 Å². The highest BCUT2D eigenvalue weighted by molar-refractivity contribution is 7.98. The second-order valence-electron chi connectivity index (χ2n) is 4.66. The van der Waals surface area contributed by atoms with E-state index in [0.717, 1.165) is 12.2 Å². The molecule has 0 N–H and O–H groups in total. The number of hydrogen-bond acceptors (Lipinski definition) is 4. The summed E-state index contributed by atoms with van der Waals surface area (Å²) < 4.78 is 31.8. The quantitative estimate of drug-likeness (QED) is 0.641. The highest BCUT2D eigenvalue weighted by Gasteiger charge is 2.24. The summed E-state index contributed by atoms with van der Waals surface area (Å²) in [6, 6.07) is 6.40. The van der Waals surface area contributed by atoms with E-state index in [1.54, 1.807) is 43.1 Å². The topological polar surface area (TPSA) is 46.6 Å². The number of rotatable bonds is 9. The van der Waals surface area contributed by atoms with Crippen LogP contribution in [0.5, 0.6) is 5.75 Å². The van der Waals surface area contributed by atoms with Crippen LogP contribution in [0.25, 0.3) is 0 Å². The van der Waals surface area contributed by atoms with Crippen molar-refractivity contribution in [1.29, 1.82) is 0 Å². The van der Waals surface area contributed by atoms with Crippen LogP contribution in [0, 0.1) is 0 Å². The first-order valence-electron chi connectivity index (χ1n) is 6.69. The van der Waals surface area contributed by atoms with E-state index in [0.29, 0.717) is 18.2 Å². The minimum Gasteiger partial charge on any atom is -0.492 e. The number of sulfonamides is 1. The van der Waals surface area contributed by atoms with Gasteiger partial charge in [0.05, 0.1) is 10.8 Å². The third-order valence-corrected chi connectivity index (χ3v) is 5.99. The van der Waals surface area contributed by atoms with Gasteiger partial charge in [0.25, 0.3) is 0 Å². The van der Waals surface area contributed by atoms with E-state index in [-0.39, 0.29) is 10.9 Å². The summed E-state index contributed by atoms with van der Waals surface area (Å²) in [4.78, 5) is 0.277.